The van der Waals surface area contributed by atoms with Crippen LogP contribution in [-0.4, -0.2) is 43.0 Å². The first-order valence-corrected chi connectivity index (χ1v) is 8.75. The van der Waals surface area contributed by atoms with Crippen molar-refractivity contribution in [1.29, 1.82) is 0 Å². The molecule has 0 radical (unpaired) electrons. The largest absolute Gasteiger partial charge is 0.494 e. The van der Waals surface area contributed by atoms with Crippen molar-refractivity contribution in [3.8, 4) is 5.75 Å². The number of rotatable bonds is 10. The highest BCUT2D eigenvalue weighted by Gasteiger charge is 2.08. The molecule has 0 bridgehead atoms. The van der Waals surface area contributed by atoms with E-state index in [0.717, 1.165) is 0 Å². The van der Waals surface area contributed by atoms with Crippen LogP contribution in [0.1, 0.15) is 17.3 Å². The highest BCUT2D eigenvalue weighted by molar-refractivity contribution is 5.96. The first-order chi connectivity index (χ1) is 13.5. The third-order valence-corrected chi connectivity index (χ3v) is 3.69. The average molecular weight is 386 g/mol. The number of hydrogen-bond donors (Lipinski definition) is 3. The molecule has 0 heterocycles. The summed E-state index contributed by atoms with van der Waals surface area (Å²) in [6, 6.07) is 12.6. The topological polar surface area (TPSA) is 123 Å². The Morgan fingerprint density at radius 1 is 1.00 bits per heavy atom. The molecule has 0 unspecified atom stereocenters. The van der Waals surface area contributed by atoms with Crippen LogP contribution in [-0.2, 0) is 4.79 Å². The van der Waals surface area contributed by atoms with Gasteiger partial charge in [0.25, 0.3) is 11.6 Å². The second-order valence-corrected chi connectivity index (χ2v) is 5.72. The number of benzene rings is 2. The third kappa shape index (κ3) is 6.60. The van der Waals surface area contributed by atoms with Gasteiger partial charge in [-0.3, -0.25) is 19.7 Å². The molecule has 2 aromatic rings. The highest BCUT2D eigenvalue weighted by atomic mass is 16.6. The molecule has 0 fully saturated rings. The van der Waals surface area contributed by atoms with Gasteiger partial charge in [0.05, 0.1) is 18.1 Å². The third-order valence-electron chi connectivity index (χ3n) is 3.69. The standard InChI is InChI=1S/C19H22N4O5/c1-2-28-17-9-3-14(4-10-17)19(25)22-13-18(24)21-12-11-20-15-5-7-16(8-6-15)23(26)27/h3-10,20H,2,11-13H2,1H3,(H,21,24)(H,22,25). The molecule has 0 aromatic heterocycles. The molecule has 0 spiro atoms. The summed E-state index contributed by atoms with van der Waals surface area (Å²) in [6.07, 6.45) is 0. The minimum atomic E-state index is -0.467. The molecule has 2 amide bonds. The number of nitrogens with zero attached hydrogens (tertiary/aromatic N) is 1. The number of anilines is 1. The van der Waals surface area contributed by atoms with Gasteiger partial charge in [-0.25, -0.2) is 0 Å². The van der Waals surface area contributed by atoms with Gasteiger partial charge in [-0.2, -0.15) is 0 Å². The van der Waals surface area contributed by atoms with Crippen molar-refractivity contribution in [1.82, 2.24) is 10.6 Å². The fourth-order valence-electron chi connectivity index (χ4n) is 2.30. The van der Waals surface area contributed by atoms with Gasteiger partial charge < -0.3 is 20.7 Å². The monoisotopic (exact) mass is 386 g/mol. The predicted molar refractivity (Wildman–Crippen MR) is 105 cm³/mol. The molecular formula is C19H22N4O5. The molecule has 3 N–H and O–H groups in total. The Balaban J connectivity index is 1.65. The van der Waals surface area contributed by atoms with Crippen molar-refractivity contribution in [3.05, 3.63) is 64.2 Å². The summed E-state index contributed by atoms with van der Waals surface area (Å²) in [5.74, 6) is 0.0179. The summed E-state index contributed by atoms with van der Waals surface area (Å²) >= 11 is 0. The Hall–Kier alpha value is -3.62. The maximum Gasteiger partial charge on any atom is 0.269 e. The van der Waals surface area contributed by atoms with E-state index in [9.17, 15) is 19.7 Å². The van der Waals surface area contributed by atoms with Crippen LogP contribution in [0.2, 0.25) is 0 Å². The number of nitrogens with one attached hydrogen (secondary N) is 3. The molecule has 9 nitrogen and oxygen atoms in total. The van der Waals surface area contributed by atoms with Crippen molar-refractivity contribution >= 4 is 23.2 Å². The van der Waals surface area contributed by atoms with Gasteiger partial charge in [0.2, 0.25) is 5.91 Å². The summed E-state index contributed by atoms with van der Waals surface area (Å²) in [4.78, 5) is 33.9. The Labute approximate surface area is 162 Å². The molecule has 28 heavy (non-hydrogen) atoms. The Bertz CT molecular complexity index is 806. The smallest absolute Gasteiger partial charge is 0.269 e. The lowest BCUT2D eigenvalue weighted by atomic mass is 10.2. The van der Waals surface area contributed by atoms with Gasteiger partial charge in [-0.05, 0) is 43.3 Å². The van der Waals surface area contributed by atoms with Crippen LogP contribution in [0, 0.1) is 10.1 Å². The van der Waals surface area contributed by atoms with Crippen molar-refractivity contribution < 1.29 is 19.2 Å². The van der Waals surface area contributed by atoms with Gasteiger partial charge in [0.15, 0.2) is 0 Å². The second kappa shape index (κ2) is 10.5. The fraction of sp³-hybridized carbons (Fsp3) is 0.263. The zero-order chi connectivity index (χ0) is 20.4. The molecule has 9 heteroatoms. The highest BCUT2D eigenvalue weighted by Crippen LogP contribution is 2.15. The van der Waals surface area contributed by atoms with Gasteiger partial charge in [-0.1, -0.05) is 0 Å². The number of ether oxygens (including phenoxy) is 1. The van der Waals surface area contributed by atoms with Crippen LogP contribution in [0.25, 0.3) is 0 Å². The van der Waals surface area contributed by atoms with Crippen LogP contribution in [0.15, 0.2) is 48.5 Å². The Morgan fingerprint density at radius 3 is 2.29 bits per heavy atom. The predicted octanol–water partition coefficient (Wildman–Crippen LogP) is 1.95. The van der Waals surface area contributed by atoms with E-state index >= 15 is 0 Å². The molecule has 2 aromatic carbocycles. The summed E-state index contributed by atoms with van der Waals surface area (Å²) in [7, 11) is 0. The van der Waals surface area contributed by atoms with Crippen molar-refractivity contribution in [2.45, 2.75) is 6.92 Å². The van der Waals surface area contributed by atoms with E-state index < -0.39 is 4.92 Å². The Kier molecular flexibility index (Phi) is 7.77. The number of non-ortho nitro benzene ring substituents is 1. The number of carbonyl (C=O) groups excluding carboxylic acids is 2. The molecule has 0 aliphatic heterocycles. The van der Waals surface area contributed by atoms with Gasteiger partial charge in [0.1, 0.15) is 5.75 Å². The van der Waals surface area contributed by atoms with E-state index in [-0.39, 0.29) is 24.0 Å². The molecular weight excluding hydrogens is 364 g/mol. The number of amides is 2. The minimum absolute atomic E-state index is 0.0159. The van der Waals surface area contributed by atoms with Gasteiger partial charge >= 0.3 is 0 Å². The van der Waals surface area contributed by atoms with E-state index in [1.807, 2.05) is 6.92 Å². The molecule has 0 atom stereocenters. The molecule has 0 aliphatic rings. The van der Waals surface area contributed by atoms with Gasteiger partial charge in [-0.15, -0.1) is 0 Å². The molecule has 0 saturated heterocycles. The number of carbonyl (C=O) groups is 2. The van der Waals surface area contributed by atoms with Crippen LogP contribution < -0.4 is 20.7 Å². The van der Waals surface area contributed by atoms with E-state index in [1.165, 1.54) is 12.1 Å². The zero-order valence-corrected chi connectivity index (χ0v) is 15.4. The molecule has 2 rings (SSSR count). The van der Waals surface area contributed by atoms with E-state index in [0.29, 0.717) is 36.7 Å². The van der Waals surface area contributed by atoms with Gasteiger partial charge in [0, 0.05) is 36.5 Å². The quantitative estimate of drug-likeness (QED) is 0.326. The van der Waals surface area contributed by atoms with Crippen molar-refractivity contribution in [2.75, 3.05) is 31.6 Å². The number of nitro groups is 1. The average Bonchev–Trinajstić information content (AvgIpc) is 2.70. The minimum Gasteiger partial charge on any atom is -0.494 e. The maximum absolute atomic E-state index is 12.0. The summed E-state index contributed by atoms with van der Waals surface area (Å²) < 4.78 is 5.31. The second-order valence-electron chi connectivity index (χ2n) is 5.72. The van der Waals surface area contributed by atoms with Crippen molar-refractivity contribution in [2.24, 2.45) is 0 Å². The molecule has 148 valence electrons. The lowest BCUT2D eigenvalue weighted by Gasteiger charge is -2.09. The fourth-order valence-corrected chi connectivity index (χ4v) is 2.30. The first-order valence-electron chi connectivity index (χ1n) is 8.75. The first kappa shape index (κ1) is 20.7. The number of hydrogen-bond acceptors (Lipinski definition) is 6. The lowest BCUT2D eigenvalue weighted by Crippen LogP contribution is -2.38. The van der Waals surface area contributed by atoms with E-state index in [4.69, 9.17) is 4.74 Å². The summed E-state index contributed by atoms with van der Waals surface area (Å²) in [5.41, 5.74) is 1.17. The van der Waals surface area contributed by atoms with Crippen LogP contribution in [0.3, 0.4) is 0 Å². The lowest BCUT2D eigenvalue weighted by molar-refractivity contribution is -0.384. The van der Waals surface area contributed by atoms with Crippen LogP contribution >= 0.6 is 0 Å². The normalized spacial score (nSPS) is 10.0. The maximum atomic E-state index is 12.0. The van der Waals surface area contributed by atoms with E-state index in [1.54, 1.807) is 36.4 Å². The molecule has 0 aliphatic carbocycles. The summed E-state index contributed by atoms with van der Waals surface area (Å²) in [5, 5.41) is 18.8. The zero-order valence-electron chi connectivity index (χ0n) is 15.4. The summed E-state index contributed by atoms with van der Waals surface area (Å²) in [6.45, 7) is 3.07. The SMILES string of the molecule is CCOc1ccc(C(=O)NCC(=O)NCCNc2ccc([N+](=O)[O-])cc2)cc1. The van der Waals surface area contributed by atoms with Crippen LogP contribution in [0.4, 0.5) is 11.4 Å². The van der Waals surface area contributed by atoms with E-state index in [2.05, 4.69) is 16.0 Å². The Morgan fingerprint density at radius 2 is 1.68 bits per heavy atom. The number of nitro benzene ring substituents is 1. The van der Waals surface area contributed by atoms with Crippen molar-refractivity contribution in [3.63, 3.8) is 0 Å². The van der Waals surface area contributed by atoms with Crippen LogP contribution in [0.5, 0.6) is 5.75 Å². The molecule has 0 saturated carbocycles.